The van der Waals surface area contributed by atoms with Crippen LogP contribution in [0.1, 0.15) is 63.3 Å². The first-order valence-electron chi connectivity index (χ1n) is 5.98. The highest BCUT2D eigenvalue weighted by Crippen LogP contribution is 2.26. The van der Waals surface area contributed by atoms with E-state index in [2.05, 4.69) is 52.8 Å². The van der Waals surface area contributed by atoms with Gasteiger partial charge in [-0.15, -0.1) is 0 Å². The summed E-state index contributed by atoms with van der Waals surface area (Å²) in [6.07, 6.45) is 3.60. The van der Waals surface area contributed by atoms with Crippen molar-refractivity contribution in [3.63, 3.8) is 0 Å². The summed E-state index contributed by atoms with van der Waals surface area (Å²) < 4.78 is 0. The van der Waals surface area contributed by atoms with Crippen LogP contribution in [0.3, 0.4) is 0 Å². The summed E-state index contributed by atoms with van der Waals surface area (Å²) in [4.78, 5) is 9.27. The molecule has 0 atom stereocenters. The highest BCUT2D eigenvalue weighted by atomic mass is 14.9. The summed E-state index contributed by atoms with van der Waals surface area (Å²) >= 11 is 0. The van der Waals surface area contributed by atoms with Gasteiger partial charge in [-0.2, -0.15) is 0 Å². The van der Waals surface area contributed by atoms with Crippen LogP contribution in [0.2, 0.25) is 0 Å². The lowest BCUT2D eigenvalue weighted by molar-refractivity contribution is 0.537. The average Bonchev–Trinajstić information content (AvgIpc) is 2.25. The van der Waals surface area contributed by atoms with Gasteiger partial charge in [0, 0.05) is 11.0 Å². The van der Waals surface area contributed by atoms with Gasteiger partial charge in [-0.1, -0.05) is 53.9 Å². The molecule has 0 fully saturated rings. The molecule has 0 saturated heterocycles. The Kier molecular flexibility index (Phi) is 3.87. The molecular weight excluding hydrogens is 208 g/mol. The molecule has 0 spiro atoms. The minimum Gasteiger partial charge on any atom is -0.236 e. The molecule has 92 valence electrons. The molecule has 2 heteroatoms. The maximum atomic E-state index is 4.69. The van der Waals surface area contributed by atoms with Gasteiger partial charge in [0.05, 0.1) is 11.4 Å². The van der Waals surface area contributed by atoms with E-state index in [1.807, 2.05) is 6.08 Å². The summed E-state index contributed by atoms with van der Waals surface area (Å²) in [5.74, 6) is 1.22. The molecular formula is C15H22N2. The summed E-state index contributed by atoms with van der Waals surface area (Å²) in [6, 6.07) is 0. The van der Waals surface area contributed by atoms with Crippen LogP contribution in [-0.4, -0.2) is 9.97 Å². The average molecular weight is 230 g/mol. The fourth-order valence-corrected chi connectivity index (χ4v) is 1.65. The molecule has 1 heterocycles. The Labute approximate surface area is 105 Å². The Hall–Kier alpha value is -1.44. The highest BCUT2D eigenvalue weighted by molar-refractivity contribution is 5.63. The largest absolute Gasteiger partial charge is 0.236 e. The van der Waals surface area contributed by atoms with Crippen LogP contribution in [0.5, 0.6) is 0 Å². The molecule has 0 aromatic carbocycles. The van der Waals surface area contributed by atoms with Crippen LogP contribution in [0.15, 0.2) is 13.2 Å². The van der Waals surface area contributed by atoms with Gasteiger partial charge in [-0.05, 0) is 12.0 Å². The van der Waals surface area contributed by atoms with Crippen molar-refractivity contribution in [2.45, 2.75) is 46.0 Å². The van der Waals surface area contributed by atoms with E-state index in [4.69, 9.17) is 4.98 Å². The smallest absolute Gasteiger partial charge is 0.134 e. The SMILES string of the molecule is C=Cc1nc(C(C)(C)C)nc(C(C)C)c1C=C. The maximum Gasteiger partial charge on any atom is 0.134 e. The van der Waals surface area contributed by atoms with E-state index < -0.39 is 0 Å². The van der Waals surface area contributed by atoms with E-state index in [0.29, 0.717) is 5.92 Å². The van der Waals surface area contributed by atoms with Crippen molar-refractivity contribution >= 4 is 12.2 Å². The lowest BCUT2D eigenvalue weighted by atomic mass is 9.93. The monoisotopic (exact) mass is 230 g/mol. The van der Waals surface area contributed by atoms with Crippen LogP contribution >= 0.6 is 0 Å². The molecule has 2 nitrogen and oxygen atoms in total. The van der Waals surface area contributed by atoms with Crippen molar-refractivity contribution in [1.82, 2.24) is 9.97 Å². The van der Waals surface area contributed by atoms with Crippen LogP contribution in [-0.2, 0) is 5.41 Å². The van der Waals surface area contributed by atoms with Crippen molar-refractivity contribution in [2.24, 2.45) is 0 Å². The Morgan fingerprint density at radius 1 is 1.06 bits per heavy atom. The van der Waals surface area contributed by atoms with Gasteiger partial charge in [-0.25, -0.2) is 9.97 Å². The molecule has 0 amide bonds. The summed E-state index contributed by atoms with van der Waals surface area (Å²) in [7, 11) is 0. The first-order valence-corrected chi connectivity index (χ1v) is 5.98. The maximum absolute atomic E-state index is 4.69. The fourth-order valence-electron chi connectivity index (χ4n) is 1.65. The van der Waals surface area contributed by atoms with Crippen LogP contribution in [0, 0.1) is 0 Å². The minimum atomic E-state index is -0.0545. The Bertz CT molecular complexity index is 437. The third-order valence-electron chi connectivity index (χ3n) is 2.62. The fraction of sp³-hybridized carbons (Fsp3) is 0.467. The number of aromatic nitrogens is 2. The van der Waals surface area contributed by atoms with E-state index in [0.717, 1.165) is 22.8 Å². The molecule has 1 rings (SSSR count). The Morgan fingerprint density at radius 2 is 1.65 bits per heavy atom. The standard InChI is InChI=1S/C15H22N2/c1-8-11-12(9-2)16-14(15(5,6)7)17-13(11)10(3)4/h8-10H,1-2H2,3-7H3. The van der Waals surface area contributed by atoms with E-state index in [1.54, 1.807) is 6.08 Å². The normalized spacial score (nSPS) is 11.6. The van der Waals surface area contributed by atoms with Crippen LogP contribution in [0.25, 0.3) is 12.2 Å². The molecule has 0 bridgehead atoms. The number of nitrogens with zero attached hydrogens (tertiary/aromatic N) is 2. The second-order valence-corrected chi connectivity index (χ2v) is 5.54. The third-order valence-corrected chi connectivity index (χ3v) is 2.62. The predicted octanol–water partition coefficient (Wildman–Crippen LogP) is 4.18. The molecule has 17 heavy (non-hydrogen) atoms. The van der Waals surface area contributed by atoms with Crippen molar-refractivity contribution in [2.75, 3.05) is 0 Å². The van der Waals surface area contributed by atoms with Gasteiger partial charge in [0.15, 0.2) is 0 Å². The van der Waals surface area contributed by atoms with Gasteiger partial charge < -0.3 is 0 Å². The van der Waals surface area contributed by atoms with Crippen molar-refractivity contribution in [3.8, 4) is 0 Å². The molecule has 0 aliphatic carbocycles. The van der Waals surface area contributed by atoms with Gasteiger partial charge in [0.1, 0.15) is 5.82 Å². The Balaban J connectivity index is 3.57. The second-order valence-electron chi connectivity index (χ2n) is 5.54. The van der Waals surface area contributed by atoms with E-state index in [-0.39, 0.29) is 5.41 Å². The summed E-state index contributed by atoms with van der Waals surface area (Å²) in [6.45, 7) is 18.3. The molecule has 0 aliphatic heterocycles. The number of hydrogen-bond acceptors (Lipinski definition) is 2. The first kappa shape index (κ1) is 13.6. The van der Waals surface area contributed by atoms with Gasteiger partial charge >= 0.3 is 0 Å². The second kappa shape index (κ2) is 4.82. The quantitative estimate of drug-likeness (QED) is 0.778. The molecule has 1 aromatic rings. The molecule has 0 unspecified atom stereocenters. The highest BCUT2D eigenvalue weighted by Gasteiger charge is 2.21. The van der Waals surface area contributed by atoms with Gasteiger partial charge in [0.2, 0.25) is 0 Å². The summed E-state index contributed by atoms with van der Waals surface area (Å²) in [5, 5.41) is 0. The lowest BCUT2D eigenvalue weighted by Gasteiger charge is -2.21. The van der Waals surface area contributed by atoms with Crippen molar-refractivity contribution in [1.29, 1.82) is 0 Å². The van der Waals surface area contributed by atoms with Gasteiger partial charge in [0.25, 0.3) is 0 Å². The zero-order valence-electron chi connectivity index (χ0n) is 11.5. The topological polar surface area (TPSA) is 25.8 Å². The van der Waals surface area contributed by atoms with E-state index in [9.17, 15) is 0 Å². The molecule has 0 aliphatic rings. The molecule has 0 N–H and O–H groups in total. The zero-order chi connectivity index (χ0) is 13.2. The predicted molar refractivity (Wildman–Crippen MR) is 75.0 cm³/mol. The molecule has 0 saturated carbocycles. The first-order chi connectivity index (χ1) is 7.81. The lowest BCUT2D eigenvalue weighted by Crippen LogP contribution is -2.19. The van der Waals surface area contributed by atoms with Crippen molar-refractivity contribution < 1.29 is 0 Å². The number of rotatable bonds is 3. The number of hydrogen-bond donors (Lipinski definition) is 0. The zero-order valence-corrected chi connectivity index (χ0v) is 11.5. The van der Waals surface area contributed by atoms with E-state index in [1.165, 1.54) is 0 Å². The Morgan fingerprint density at radius 3 is 2.00 bits per heavy atom. The van der Waals surface area contributed by atoms with Crippen LogP contribution in [0.4, 0.5) is 0 Å². The van der Waals surface area contributed by atoms with Crippen LogP contribution < -0.4 is 0 Å². The molecule has 1 aromatic heterocycles. The summed E-state index contributed by atoms with van der Waals surface area (Å²) in [5.41, 5.74) is 2.88. The van der Waals surface area contributed by atoms with Gasteiger partial charge in [-0.3, -0.25) is 0 Å². The van der Waals surface area contributed by atoms with Crippen molar-refractivity contribution in [3.05, 3.63) is 35.9 Å². The van der Waals surface area contributed by atoms with E-state index >= 15 is 0 Å². The third kappa shape index (κ3) is 2.82. The molecule has 0 radical (unpaired) electrons. The minimum absolute atomic E-state index is 0.0545.